The molecular weight excluding hydrogens is 284 g/mol. The Morgan fingerprint density at radius 1 is 1.00 bits per heavy atom. The van der Waals surface area contributed by atoms with Crippen molar-refractivity contribution in [2.24, 2.45) is 0 Å². The summed E-state index contributed by atoms with van der Waals surface area (Å²) in [6, 6.07) is 0. The second kappa shape index (κ2) is 5.82. The van der Waals surface area contributed by atoms with Gasteiger partial charge in [-0.1, -0.05) is 32.1 Å². The Labute approximate surface area is 129 Å². The van der Waals surface area contributed by atoms with Crippen LogP contribution in [0.5, 0.6) is 0 Å². The van der Waals surface area contributed by atoms with Crippen LogP contribution in [-0.2, 0) is 9.84 Å². The van der Waals surface area contributed by atoms with Crippen molar-refractivity contribution >= 4 is 9.84 Å². The van der Waals surface area contributed by atoms with E-state index in [0.717, 1.165) is 19.6 Å². The van der Waals surface area contributed by atoms with Gasteiger partial charge in [0.1, 0.15) is 9.84 Å². The van der Waals surface area contributed by atoms with Crippen molar-refractivity contribution in [3.8, 4) is 0 Å². The van der Waals surface area contributed by atoms with Crippen LogP contribution in [-0.4, -0.2) is 56.0 Å². The fourth-order valence-electron chi connectivity index (χ4n) is 4.73. The Morgan fingerprint density at radius 3 is 2.24 bits per heavy atom. The highest BCUT2D eigenvalue weighted by atomic mass is 32.2. The molecule has 0 amide bonds. The Balaban J connectivity index is 1.76. The maximum atomic E-state index is 11.6. The molecule has 1 aliphatic heterocycles. The van der Waals surface area contributed by atoms with Crippen LogP contribution < -0.4 is 5.32 Å². The van der Waals surface area contributed by atoms with E-state index in [2.05, 4.69) is 10.2 Å². The van der Waals surface area contributed by atoms with E-state index in [4.69, 9.17) is 0 Å². The van der Waals surface area contributed by atoms with Crippen molar-refractivity contribution in [3.63, 3.8) is 0 Å². The van der Waals surface area contributed by atoms with Crippen LogP contribution in [0.15, 0.2) is 0 Å². The van der Waals surface area contributed by atoms with Gasteiger partial charge in [-0.2, -0.15) is 0 Å². The molecule has 2 saturated carbocycles. The van der Waals surface area contributed by atoms with Gasteiger partial charge in [-0.05, 0) is 25.7 Å². The molecule has 2 spiro atoms. The van der Waals surface area contributed by atoms with Crippen molar-refractivity contribution in [1.29, 1.82) is 0 Å². The minimum atomic E-state index is -2.88. The number of hydrogen-bond acceptors (Lipinski definition) is 4. The molecule has 1 N–H and O–H groups in total. The number of hydrogen-bond donors (Lipinski definition) is 1. The van der Waals surface area contributed by atoms with Crippen molar-refractivity contribution < 1.29 is 8.42 Å². The monoisotopic (exact) mass is 314 g/mol. The normalized spacial score (nSPS) is 29.2. The van der Waals surface area contributed by atoms with Crippen LogP contribution >= 0.6 is 0 Å². The van der Waals surface area contributed by atoms with E-state index in [0.29, 0.717) is 5.75 Å². The topological polar surface area (TPSA) is 49.4 Å². The summed E-state index contributed by atoms with van der Waals surface area (Å²) in [4.78, 5) is 2.56. The standard InChI is InChI=1S/C16H30N2O2S/c1-21(19,20)12-11-18-14-15(7-5-6-8-15)17-13-16(18)9-3-2-4-10-16/h17H,2-14H2,1H3. The number of nitrogens with zero attached hydrogens (tertiary/aromatic N) is 1. The molecule has 122 valence electrons. The van der Waals surface area contributed by atoms with Gasteiger partial charge in [0.15, 0.2) is 0 Å². The summed E-state index contributed by atoms with van der Waals surface area (Å²) < 4.78 is 23.2. The number of sulfone groups is 1. The van der Waals surface area contributed by atoms with Gasteiger partial charge >= 0.3 is 0 Å². The summed E-state index contributed by atoms with van der Waals surface area (Å²) in [6.45, 7) is 2.85. The quantitative estimate of drug-likeness (QED) is 0.865. The molecule has 2 aliphatic carbocycles. The molecular formula is C16H30N2O2S. The third kappa shape index (κ3) is 3.45. The van der Waals surface area contributed by atoms with Crippen LogP contribution in [0.1, 0.15) is 57.8 Å². The summed E-state index contributed by atoms with van der Waals surface area (Å²) >= 11 is 0. The predicted octanol–water partition coefficient (Wildman–Crippen LogP) is 1.95. The van der Waals surface area contributed by atoms with Gasteiger partial charge in [-0.25, -0.2) is 8.42 Å². The zero-order valence-electron chi connectivity index (χ0n) is 13.4. The van der Waals surface area contributed by atoms with Gasteiger partial charge < -0.3 is 5.32 Å². The van der Waals surface area contributed by atoms with Crippen LogP contribution in [0.3, 0.4) is 0 Å². The molecule has 0 unspecified atom stereocenters. The van der Waals surface area contributed by atoms with E-state index >= 15 is 0 Å². The number of rotatable bonds is 3. The van der Waals surface area contributed by atoms with Crippen LogP contribution in [0.25, 0.3) is 0 Å². The Kier molecular flexibility index (Phi) is 4.37. The highest BCUT2D eigenvalue weighted by molar-refractivity contribution is 7.90. The SMILES string of the molecule is CS(=O)(=O)CCN1CC2(CCCC2)NCC12CCCCC2. The first-order chi connectivity index (χ1) is 9.93. The molecule has 21 heavy (non-hydrogen) atoms. The van der Waals surface area contributed by atoms with E-state index in [1.807, 2.05) is 0 Å². The smallest absolute Gasteiger partial charge is 0.148 e. The third-order valence-electron chi connectivity index (χ3n) is 6.03. The highest BCUT2D eigenvalue weighted by Crippen LogP contribution is 2.41. The zero-order chi connectivity index (χ0) is 15.0. The van der Waals surface area contributed by atoms with Crippen molar-refractivity contribution in [2.75, 3.05) is 31.6 Å². The van der Waals surface area contributed by atoms with Crippen molar-refractivity contribution in [2.45, 2.75) is 68.9 Å². The minimum absolute atomic E-state index is 0.233. The van der Waals surface area contributed by atoms with Crippen LogP contribution in [0.4, 0.5) is 0 Å². The van der Waals surface area contributed by atoms with Gasteiger partial charge in [-0.15, -0.1) is 0 Å². The average Bonchev–Trinajstić information content (AvgIpc) is 2.89. The molecule has 3 aliphatic rings. The molecule has 0 radical (unpaired) electrons. The van der Waals surface area contributed by atoms with Gasteiger partial charge in [0.05, 0.1) is 5.75 Å². The molecule has 3 rings (SSSR count). The molecule has 1 saturated heterocycles. The maximum Gasteiger partial charge on any atom is 0.148 e. The largest absolute Gasteiger partial charge is 0.308 e. The van der Waals surface area contributed by atoms with E-state index in [1.165, 1.54) is 64.0 Å². The maximum absolute atomic E-state index is 11.6. The summed E-state index contributed by atoms with van der Waals surface area (Å²) in [6.07, 6.45) is 12.9. The molecule has 0 aromatic carbocycles. The van der Waals surface area contributed by atoms with E-state index in [1.54, 1.807) is 0 Å². The molecule has 0 aromatic heterocycles. The molecule has 1 heterocycles. The summed E-state index contributed by atoms with van der Waals surface area (Å²) in [5.41, 5.74) is 0.511. The van der Waals surface area contributed by atoms with Crippen LogP contribution in [0, 0.1) is 0 Å². The molecule has 0 atom stereocenters. The summed E-state index contributed by atoms with van der Waals surface area (Å²) in [5.74, 6) is 0.310. The average molecular weight is 314 g/mol. The number of piperazine rings is 1. The van der Waals surface area contributed by atoms with Gasteiger partial charge in [0.25, 0.3) is 0 Å². The molecule has 0 aromatic rings. The van der Waals surface area contributed by atoms with E-state index < -0.39 is 9.84 Å². The van der Waals surface area contributed by atoms with Gasteiger partial charge in [-0.3, -0.25) is 4.90 Å². The summed E-state index contributed by atoms with van der Waals surface area (Å²) in [7, 11) is -2.88. The fourth-order valence-corrected chi connectivity index (χ4v) is 5.29. The Hall–Kier alpha value is -0.130. The Bertz CT molecular complexity index is 463. The fraction of sp³-hybridized carbons (Fsp3) is 1.00. The first-order valence-electron chi connectivity index (χ1n) is 8.61. The molecule has 0 bridgehead atoms. The first kappa shape index (κ1) is 15.8. The third-order valence-corrected chi connectivity index (χ3v) is 6.96. The molecule has 3 fully saturated rings. The van der Waals surface area contributed by atoms with Gasteiger partial charge in [0, 0.05) is 37.0 Å². The lowest BCUT2D eigenvalue weighted by molar-refractivity contribution is -0.0134. The van der Waals surface area contributed by atoms with E-state index in [-0.39, 0.29) is 11.1 Å². The van der Waals surface area contributed by atoms with Crippen molar-refractivity contribution in [3.05, 3.63) is 0 Å². The first-order valence-corrected chi connectivity index (χ1v) is 10.7. The van der Waals surface area contributed by atoms with Gasteiger partial charge in [0.2, 0.25) is 0 Å². The highest BCUT2D eigenvalue weighted by Gasteiger charge is 2.48. The molecule has 5 heteroatoms. The lowest BCUT2D eigenvalue weighted by Crippen LogP contribution is -2.70. The lowest BCUT2D eigenvalue weighted by atomic mass is 9.76. The zero-order valence-corrected chi connectivity index (χ0v) is 14.2. The van der Waals surface area contributed by atoms with Crippen LogP contribution in [0.2, 0.25) is 0 Å². The minimum Gasteiger partial charge on any atom is -0.308 e. The summed E-state index contributed by atoms with van der Waals surface area (Å²) in [5, 5.41) is 3.89. The predicted molar refractivity (Wildman–Crippen MR) is 86.3 cm³/mol. The van der Waals surface area contributed by atoms with E-state index in [9.17, 15) is 8.42 Å². The van der Waals surface area contributed by atoms with Crippen molar-refractivity contribution in [1.82, 2.24) is 10.2 Å². The number of nitrogens with one attached hydrogen (secondary N) is 1. The molecule has 4 nitrogen and oxygen atoms in total. The Morgan fingerprint density at radius 2 is 1.62 bits per heavy atom. The second-order valence-electron chi connectivity index (χ2n) is 7.68. The lowest BCUT2D eigenvalue weighted by Gasteiger charge is -2.55. The second-order valence-corrected chi connectivity index (χ2v) is 9.94.